The minimum atomic E-state index is -0.314. The van der Waals surface area contributed by atoms with Gasteiger partial charge in [0.25, 0.3) is 0 Å². The summed E-state index contributed by atoms with van der Waals surface area (Å²) in [5.41, 5.74) is 2.50. The predicted octanol–water partition coefficient (Wildman–Crippen LogP) is 2.52. The van der Waals surface area contributed by atoms with Gasteiger partial charge in [-0.25, -0.2) is 0 Å². The van der Waals surface area contributed by atoms with Crippen molar-refractivity contribution in [1.29, 1.82) is 0 Å². The fourth-order valence-corrected chi connectivity index (χ4v) is 5.04. The third-order valence-corrected chi connectivity index (χ3v) is 6.40. The third-order valence-electron chi connectivity index (χ3n) is 5.13. The lowest BCUT2D eigenvalue weighted by Crippen LogP contribution is -2.14. The predicted molar refractivity (Wildman–Crippen MR) is 105 cm³/mol. The number of carbonyl (C=O) groups excluding carboxylic acids is 4. The van der Waals surface area contributed by atoms with Crippen LogP contribution in [0.5, 0.6) is 0 Å². The summed E-state index contributed by atoms with van der Waals surface area (Å²) < 4.78 is 1.01. The second-order valence-electron chi connectivity index (χ2n) is 6.78. The van der Waals surface area contributed by atoms with E-state index in [9.17, 15) is 19.2 Å². The Bertz CT molecular complexity index is 1310. The van der Waals surface area contributed by atoms with Crippen LogP contribution in [-0.4, -0.2) is 23.1 Å². The maximum atomic E-state index is 12.8. The van der Waals surface area contributed by atoms with Crippen LogP contribution in [0.2, 0.25) is 0 Å². The van der Waals surface area contributed by atoms with E-state index < -0.39 is 0 Å². The van der Waals surface area contributed by atoms with Crippen molar-refractivity contribution in [2.45, 2.75) is 6.92 Å². The molecule has 1 aromatic heterocycles. The van der Waals surface area contributed by atoms with Crippen molar-refractivity contribution in [2.75, 3.05) is 0 Å². The lowest BCUT2D eigenvalue weighted by molar-refractivity contribution is 0.101. The van der Waals surface area contributed by atoms with E-state index in [0.29, 0.717) is 36.9 Å². The zero-order valence-corrected chi connectivity index (χ0v) is 15.6. The Kier molecular flexibility index (Phi) is 3.45. The second kappa shape index (κ2) is 5.78. The van der Waals surface area contributed by atoms with Crippen LogP contribution in [0.3, 0.4) is 0 Å². The highest BCUT2D eigenvalue weighted by Crippen LogP contribution is 2.28. The first-order valence-corrected chi connectivity index (χ1v) is 9.52. The monoisotopic (exact) mass is 384 g/mol. The molecule has 134 valence electrons. The third kappa shape index (κ3) is 2.11. The van der Waals surface area contributed by atoms with Crippen LogP contribution in [0.15, 0.2) is 54.6 Å². The van der Waals surface area contributed by atoms with Gasteiger partial charge in [0.15, 0.2) is 23.1 Å². The van der Waals surface area contributed by atoms with E-state index in [2.05, 4.69) is 0 Å². The molecule has 1 heterocycles. The minimum absolute atomic E-state index is 0.108. The van der Waals surface area contributed by atoms with Crippen molar-refractivity contribution in [3.8, 4) is 0 Å². The molecule has 0 aliphatic heterocycles. The van der Waals surface area contributed by atoms with Crippen LogP contribution in [0.4, 0.5) is 0 Å². The molecule has 0 atom stereocenters. The first kappa shape index (κ1) is 16.7. The van der Waals surface area contributed by atoms with Gasteiger partial charge in [0.05, 0.1) is 11.1 Å². The van der Waals surface area contributed by atoms with E-state index in [1.165, 1.54) is 0 Å². The van der Waals surface area contributed by atoms with Gasteiger partial charge >= 0.3 is 0 Å². The average molecular weight is 384 g/mol. The summed E-state index contributed by atoms with van der Waals surface area (Å²) in [5.74, 6) is -1.25. The molecule has 0 spiro atoms. The number of rotatable bonds is 0. The zero-order valence-electron chi connectivity index (χ0n) is 14.7. The van der Waals surface area contributed by atoms with E-state index in [4.69, 9.17) is 0 Å². The summed E-state index contributed by atoms with van der Waals surface area (Å²) in [6.45, 7) is 1.78. The number of fused-ring (bicyclic) bond motifs is 2. The topological polar surface area (TPSA) is 68.3 Å². The normalized spacial score (nSPS) is 15.5. The largest absolute Gasteiger partial charge is 0.288 e. The van der Waals surface area contributed by atoms with Crippen LogP contribution < -0.4 is 9.06 Å². The standard InChI is InChI=1S/C23H12O4S/c1-11-10-16(17-19(24)12-6-2-3-7-13(12)20(17)25)28-23(11)18-21(26)14-8-4-5-9-15(14)22(18)27/h2-10H,1H3. The highest BCUT2D eigenvalue weighted by molar-refractivity contribution is 7.09. The number of thiophene rings is 1. The van der Waals surface area contributed by atoms with Gasteiger partial charge in [0, 0.05) is 31.3 Å². The zero-order chi connectivity index (χ0) is 19.6. The number of carbonyl (C=O) groups is 4. The summed E-state index contributed by atoms with van der Waals surface area (Å²) in [6.07, 6.45) is 0. The van der Waals surface area contributed by atoms with Crippen LogP contribution in [0, 0.1) is 6.92 Å². The molecule has 3 aromatic rings. The van der Waals surface area contributed by atoms with Crippen molar-refractivity contribution < 1.29 is 19.2 Å². The molecule has 0 saturated heterocycles. The fourth-order valence-electron chi connectivity index (χ4n) is 3.79. The number of benzene rings is 2. The molecule has 4 nitrogen and oxygen atoms in total. The van der Waals surface area contributed by atoms with Crippen molar-refractivity contribution in [3.05, 3.63) is 91.5 Å². The Morgan fingerprint density at radius 2 is 1.00 bits per heavy atom. The average Bonchev–Trinajstić information content (AvgIpc) is 3.28. The van der Waals surface area contributed by atoms with Gasteiger partial charge in [-0.1, -0.05) is 48.5 Å². The van der Waals surface area contributed by atoms with Crippen LogP contribution >= 0.6 is 11.3 Å². The van der Waals surface area contributed by atoms with E-state index in [1.54, 1.807) is 61.5 Å². The smallest absolute Gasteiger partial charge is 0.199 e. The SMILES string of the molecule is Cc1cc(=C2C(=O)c3ccccc3C2=O)sc1=C1C(=O)c2ccccc2C1=O. The summed E-state index contributed by atoms with van der Waals surface area (Å²) in [7, 11) is 0. The molecule has 0 radical (unpaired) electrons. The van der Waals surface area contributed by atoms with E-state index in [1.807, 2.05) is 0 Å². The molecule has 2 aliphatic carbocycles. The molecule has 0 bridgehead atoms. The number of hydrogen-bond donors (Lipinski definition) is 0. The van der Waals surface area contributed by atoms with Crippen molar-refractivity contribution in [2.24, 2.45) is 0 Å². The summed E-state index contributed by atoms with van der Waals surface area (Å²) in [6, 6.07) is 15.2. The van der Waals surface area contributed by atoms with E-state index in [-0.39, 0.29) is 34.3 Å². The van der Waals surface area contributed by atoms with Gasteiger partial charge in [0.1, 0.15) is 0 Å². The maximum absolute atomic E-state index is 12.8. The van der Waals surface area contributed by atoms with Gasteiger partial charge in [-0.2, -0.15) is 0 Å². The Labute approximate surface area is 163 Å². The molecule has 28 heavy (non-hydrogen) atoms. The lowest BCUT2D eigenvalue weighted by atomic mass is 10.1. The quantitative estimate of drug-likeness (QED) is 0.597. The van der Waals surface area contributed by atoms with E-state index in [0.717, 1.165) is 11.3 Å². The molecule has 0 N–H and O–H groups in total. The second-order valence-corrected chi connectivity index (χ2v) is 7.83. The van der Waals surface area contributed by atoms with Crippen LogP contribution in [-0.2, 0) is 0 Å². The number of aryl methyl sites for hydroxylation is 1. The Morgan fingerprint density at radius 1 is 0.607 bits per heavy atom. The first-order chi connectivity index (χ1) is 13.5. The van der Waals surface area contributed by atoms with Gasteiger partial charge in [0.2, 0.25) is 0 Å². The lowest BCUT2D eigenvalue weighted by Gasteiger charge is -1.92. The maximum Gasteiger partial charge on any atom is 0.199 e. The molecule has 0 amide bonds. The Morgan fingerprint density at radius 3 is 1.43 bits per heavy atom. The molecule has 5 heteroatoms. The highest BCUT2D eigenvalue weighted by atomic mass is 32.1. The Balaban J connectivity index is 1.79. The van der Waals surface area contributed by atoms with Gasteiger partial charge < -0.3 is 0 Å². The number of ketones is 4. The van der Waals surface area contributed by atoms with Crippen LogP contribution in [0.1, 0.15) is 47.0 Å². The summed E-state index contributed by atoms with van der Waals surface area (Å²) in [5, 5.41) is 0. The molecule has 2 aliphatic rings. The first-order valence-electron chi connectivity index (χ1n) is 8.71. The number of hydrogen-bond acceptors (Lipinski definition) is 5. The summed E-state index contributed by atoms with van der Waals surface area (Å²) >= 11 is 1.15. The minimum Gasteiger partial charge on any atom is -0.288 e. The molecule has 0 unspecified atom stereocenters. The Hall–Kier alpha value is -3.44. The van der Waals surface area contributed by atoms with Crippen molar-refractivity contribution >= 4 is 45.6 Å². The van der Waals surface area contributed by atoms with Gasteiger partial charge in [-0.15, -0.1) is 11.3 Å². The fraction of sp³-hybridized carbons (Fsp3) is 0.0435. The van der Waals surface area contributed by atoms with Crippen molar-refractivity contribution in [3.63, 3.8) is 0 Å². The van der Waals surface area contributed by atoms with Gasteiger partial charge in [-0.05, 0) is 18.6 Å². The molecule has 5 rings (SSSR count). The highest BCUT2D eigenvalue weighted by Gasteiger charge is 2.36. The van der Waals surface area contributed by atoms with E-state index >= 15 is 0 Å². The molecule has 0 fully saturated rings. The molecular weight excluding hydrogens is 372 g/mol. The van der Waals surface area contributed by atoms with Gasteiger partial charge in [-0.3, -0.25) is 19.2 Å². The molecular formula is C23H12O4S. The van der Waals surface area contributed by atoms with Crippen molar-refractivity contribution in [1.82, 2.24) is 0 Å². The van der Waals surface area contributed by atoms with Crippen LogP contribution in [0.25, 0.3) is 11.1 Å². The number of Topliss-reactive ketones (excluding diaryl/α,β-unsaturated/α-hetero) is 4. The summed E-state index contributed by atoms with van der Waals surface area (Å²) in [4.78, 5) is 51.1. The molecule has 2 aromatic carbocycles. The molecule has 0 saturated carbocycles.